The van der Waals surface area contributed by atoms with Gasteiger partial charge in [-0.1, -0.05) is 43.2 Å². The van der Waals surface area contributed by atoms with E-state index in [0.29, 0.717) is 30.4 Å². The van der Waals surface area contributed by atoms with Gasteiger partial charge in [0.2, 0.25) is 5.91 Å². The highest BCUT2D eigenvalue weighted by Crippen LogP contribution is 2.29. The molecule has 5 nitrogen and oxygen atoms in total. The summed E-state index contributed by atoms with van der Waals surface area (Å²) in [7, 11) is 0. The lowest BCUT2D eigenvalue weighted by atomic mass is 10.1. The fourth-order valence-electron chi connectivity index (χ4n) is 3.94. The molecule has 0 bridgehead atoms. The van der Waals surface area contributed by atoms with Crippen LogP contribution in [0.1, 0.15) is 37.7 Å². The molecule has 1 aliphatic carbocycles. The van der Waals surface area contributed by atoms with Gasteiger partial charge in [0, 0.05) is 37.1 Å². The molecule has 1 aromatic heterocycles. The minimum absolute atomic E-state index is 0.119. The van der Waals surface area contributed by atoms with Crippen LogP contribution in [0.2, 0.25) is 0 Å². The summed E-state index contributed by atoms with van der Waals surface area (Å²) in [5, 5.41) is 1.94. The lowest BCUT2D eigenvalue weighted by molar-refractivity contribution is -0.130. The Morgan fingerprint density at radius 2 is 1.96 bits per heavy atom. The number of rotatable bonds is 4. The molecule has 4 rings (SSSR count). The van der Waals surface area contributed by atoms with Crippen molar-refractivity contribution < 1.29 is 9.59 Å². The van der Waals surface area contributed by atoms with E-state index in [1.807, 2.05) is 39.2 Å². The van der Waals surface area contributed by atoms with Crippen LogP contribution in [0, 0.1) is 5.92 Å². The topological polar surface area (TPSA) is 54.7 Å². The summed E-state index contributed by atoms with van der Waals surface area (Å²) in [6.45, 7) is 1.23. The van der Waals surface area contributed by atoms with Crippen molar-refractivity contribution in [1.82, 2.24) is 9.47 Å². The van der Waals surface area contributed by atoms with E-state index >= 15 is 0 Å². The van der Waals surface area contributed by atoms with Gasteiger partial charge in [0.1, 0.15) is 0 Å². The zero-order valence-corrected chi connectivity index (χ0v) is 15.5. The Labute approximate surface area is 157 Å². The molecule has 2 amide bonds. The van der Waals surface area contributed by atoms with Crippen LogP contribution in [0.5, 0.6) is 0 Å². The SMILES string of the molecule is O=C(N=c1sccn1Cc1ccccc1)C1CC(=O)N(C2CCCC2)C1. The average molecular weight is 369 g/mol. The Kier molecular flexibility index (Phi) is 5.02. The van der Waals surface area contributed by atoms with Gasteiger partial charge in [0.05, 0.1) is 5.92 Å². The molecule has 1 unspecified atom stereocenters. The molecular formula is C20H23N3O2S. The molecular weight excluding hydrogens is 346 g/mol. The number of amides is 2. The van der Waals surface area contributed by atoms with Gasteiger partial charge in [-0.05, 0) is 18.4 Å². The van der Waals surface area contributed by atoms with Gasteiger partial charge in [-0.25, -0.2) is 0 Å². The highest BCUT2D eigenvalue weighted by Gasteiger charge is 2.38. The monoisotopic (exact) mass is 369 g/mol. The van der Waals surface area contributed by atoms with Gasteiger partial charge in [0.25, 0.3) is 5.91 Å². The van der Waals surface area contributed by atoms with Gasteiger partial charge in [-0.2, -0.15) is 4.99 Å². The standard InChI is InChI=1S/C20H23N3O2S/c24-18-12-16(14-23(18)17-8-4-5-9-17)19(25)21-20-22(10-11-26-20)13-15-6-2-1-3-7-15/h1-3,6-7,10-11,16-17H,4-5,8-9,12-14H2. The molecule has 2 aromatic rings. The van der Waals surface area contributed by atoms with Crippen LogP contribution in [0.25, 0.3) is 0 Å². The van der Waals surface area contributed by atoms with Crippen LogP contribution in [-0.4, -0.2) is 33.9 Å². The molecule has 1 saturated heterocycles. The third-order valence-electron chi connectivity index (χ3n) is 5.33. The van der Waals surface area contributed by atoms with Crippen LogP contribution >= 0.6 is 11.3 Å². The van der Waals surface area contributed by atoms with Crippen molar-refractivity contribution in [2.45, 2.75) is 44.7 Å². The first kappa shape index (κ1) is 17.2. The number of benzene rings is 1. The second-order valence-corrected chi connectivity index (χ2v) is 8.01. The normalized spacial score (nSPS) is 21.7. The van der Waals surface area contributed by atoms with Crippen molar-refractivity contribution in [3.8, 4) is 0 Å². The Morgan fingerprint density at radius 3 is 2.73 bits per heavy atom. The quantitative estimate of drug-likeness (QED) is 0.832. The summed E-state index contributed by atoms with van der Waals surface area (Å²) in [4.78, 5) is 32.0. The number of hydrogen-bond acceptors (Lipinski definition) is 3. The first-order valence-electron chi connectivity index (χ1n) is 9.26. The van der Waals surface area contributed by atoms with Gasteiger partial charge < -0.3 is 9.47 Å². The van der Waals surface area contributed by atoms with Crippen LogP contribution < -0.4 is 4.80 Å². The fourth-order valence-corrected chi connectivity index (χ4v) is 4.67. The zero-order chi connectivity index (χ0) is 17.9. The summed E-state index contributed by atoms with van der Waals surface area (Å²) in [5.41, 5.74) is 1.17. The molecule has 1 saturated carbocycles. The van der Waals surface area contributed by atoms with Crippen LogP contribution in [0.3, 0.4) is 0 Å². The van der Waals surface area contributed by atoms with E-state index in [0.717, 1.165) is 12.8 Å². The number of thiazole rings is 1. The molecule has 0 spiro atoms. The van der Waals surface area contributed by atoms with E-state index in [1.165, 1.54) is 29.7 Å². The Balaban J connectivity index is 1.48. The maximum Gasteiger partial charge on any atom is 0.253 e. The van der Waals surface area contributed by atoms with Gasteiger partial charge in [0.15, 0.2) is 4.80 Å². The summed E-state index contributed by atoms with van der Waals surface area (Å²) in [6.07, 6.45) is 6.78. The van der Waals surface area contributed by atoms with Crippen molar-refractivity contribution in [1.29, 1.82) is 0 Å². The van der Waals surface area contributed by atoms with E-state index < -0.39 is 0 Å². The lowest BCUT2D eigenvalue weighted by Crippen LogP contribution is -2.35. The van der Waals surface area contributed by atoms with Crippen molar-refractivity contribution in [2.75, 3.05) is 6.54 Å². The van der Waals surface area contributed by atoms with E-state index in [4.69, 9.17) is 0 Å². The molecule has 1 aromatic carbocycles. The van der Waals surface area contributed by atoms with E-state index in [9.17, 15) is 9.59 Å². The number of likely N-dealkylation sites (tertiary alicyclic amines) is 1. The van der Waals surface area contributed by atoms with Gasteiger partial charge in [-0.15, -0.1) is 11.3 Å². The highest BCUT2D eigenvalue weighted by atomic mass is 32.1. The smallest absolute Gasteiger partial charge is 0.253 e. The van der Waals surface area contributed by atoms with Crippen molar-refractivity contribution in [3.05, 3.63) is 52.3 Å². The van der Waals surface area contributed by atoms with Crippen molar-refractivity contribution in [2.24, 2.45) is 10.9 Å². The maximum absolute atomic E-state index is 12.7. The van der Waals surface area contributed by atoms with Gasteiger partial charge >= 0.3 is 0 Å². The third-order valence-corrected chi connectivity index (χ3v) is 6.13. The Hall–Kier alpha value is -2.21. The third kappa shape index (κ3) is 3.65. The van der Waals surface area contributed by atoms with Gasteiger partial charge in [-0.3, -0.25) is 9.59 Å². The van der Waals surface area contributed by atoms with Crippen molar-refractivity contribution >= 4 is 23.2 Å². The number of carbonyl (C=O) groups excluding carboxylic acids is 2. The molecule has 2 heterocycles. The van der Waals surface area contributed by atoms with Crippen LogP contribution in [-0.2, 0) is 16.1 Å². The molecule has 1 aliphatic heterocycles. The first-order chi connectivity index (χ1) is 12.7. The molecule has 2 aliphatic rings. The molecule has 26 heavy (non-hydrogen) atoms. The summed E-state index contributed by atoms with van der Waals surface area (Å²) >= 11 is 1.46. The summed E-state index contributed by atoms with van der Waals surface area (Å²) < 4.78 is 1.99. The van der Waals surface area contributed by atoms with Crippen molar-refractivity contribution in [3.63, 3.8) is 0 Å². The number of carbonyl (C=O) groups is 2. The maximum atomic E-state index is 12.7. The fraction of sp³-hybridized carbons (Fsp3) is 0.450. The van der Waals surface area contributed by atoms with Crippen LogP contribution in [0.4, 0.5) is 0 Å². The molecule has 2 fully saturated rings. The van der Waals surface area contributed by atoms with E-state index in [-0.39, 0.29) is 17.7 Å². The van der Waals surface area contributed by atoms with E-state index in [1.54, 1.807) is 0 Å². The lowest BCUT2D eigenvalue weighted by Gasteiger charge is -2.23. The second-order valence-electron chi connectivity index (χ2n) is 7.13. The molecule has 6 heteroatoms. The Morgan fingerprint density at radius 1 is 1.19 bits per heavy atom. The Bertz CT molecular complexity index is 849. The minimum Gasteiger partial charge on any atom is -0.339 e. The molecule has 136 valence electrons. The molecule has 0 radical (unpaired) electrons. The average Bonchev–Trinajstić information content (AvgIpc) is 3.38. The highest BCUT2D eigenvalue weighted by molar-refractivity contribution is 7.07. The number of aromatic nitrogens is 1. The molecule has 0 N–H and O–H groups in total. The largest absolute Gasteiger partial charge is 0.339 e. The minimum atomic E-state index is -0.296. The predicted molar refractivity (Wildman–Crippen MR) is 100 cm³/mol. The number of nitrogens with zero attached hydrogens (tertiary/aromatic N) is 3. The second kappa shape index (κ2) is 7.58. The zero-order valence-electron chi connectivity index (χ0n) is 14.7. The van der Waals surface area contributed by atoms with Crippen LogP contribution in [0.15, 0.2) is 46.9 Å². The van der Waals surface area contributed by atoms with E-state index in [2.05, 4.69) is 17.1 Å². The summed E-state index contributed by atoms with van der Waals surface area (Å²) in [5.74, 6) is -0.340. The number of hydrogen-bond donors (Lipinski definition) is 0. The summed E-state index contributed by atoms with van der Waals surface area (Å²) in [6, 6.07) is 10.5. The predicted octanol–water partition coefficient (Wildman–Crippen LogP) is 2.82. The molecule has 1 atom stereocenters. The first-order valence-corrected chi connectivity index (χ1v) is 10.1.